The van der Waals surface area contributed by atoms with E-state index in [9.17, 15) is 4.79 Å². The lowest BCUT2D eigenvalue weighted by molar-refractivity contribution is 0.0695. The molecule has 0 unspecified atom stereocenters. The van der Waals surface area contributed by atoms with Crippen LogP contribution in [0.1, 0.15) is 21.9 Å². The maximum Gasteiger partial charge on any atom is 0.339 e. The molecule has 0 saturated carbocycles. The summed E-state index contributed by atoms with van der Waals surface area (Å²) in [6.45, 7) is 1.68. The number of carbonyl (C=O) groups is 1. The zero-order chi connectivity index (χ0) is 13.0. The topological polar surface area (TPSA) is 63.1 Å². The molecular weight excluding hydrogens is 248 g/mol. The first-order valence-electron chi connectivity index (χ1n) is 5.40. The predicted octanol–water partition coefficient (Wildman–Crippen LogP) is 2.78. The SMILES string of the molecule is Cc1nc(CSc2ccccc2)ncc1C(=O)O. The summed E-state index contributed by atoms with van der Waals surface area (Å²) in [6.07, 6.45) is 1.37. The van der Waals surface area contributed by atoms with Gasteiger partial charge in [0.05, 0.1) is 17.0 Å². The molecule has 1 heterocycles. The average Bonchev–Trinajstić information content (AvgIpc) is 2.37. The van der Waals surface area contributed by atoms with Gasteiger partial charge in [-0.3, -0.25) is 0 Å². The lowest BCUT2D eigenvalue weighted by atomic mass is 10.2. The van der Waals surface area contributed by atoms with Crippen LogP contribution in [0.2, 0.25) is 0 Å². The van der Waals surface area contributed by atoms with Gasteiger partial charge in [0, 0.05) is 11.1 Å². The minimum atomic E-state index is -0.991. The van der Waals surface area contributed by atoms with Crippen molar-refractivity contribution in [2.24, 2.45) is 0 Å². The van der Waals surface area contributed by atoms with E-state index in [0.717, 1.165) is 4.90 Å². The van der Waals surface area contributed by atoms with Gasteiger partial charge in [0.15, 0.2) is 0 Å². The first-order valence-corrected chi connectivity index (χ1v) is 6.39. The molecule has 2 rings (SSSR count). The minimum absolute atomic E-state index is 0.156. The van der Waals surface area contributed by atoms with Gasteiger partial charge in [0.25, 0.3) is 0 Å². The molecule has 2 aromatic rings. The van der Waals surface area contributed by atoms with Crippen LogP contribution in [0.15, 0.2) is 41.4 Å². The van der Waals surface area contributed by atoms with E-state index in [2.05, 4.69) is 9.97 Å². The largest absolute Gasteiger partial charge is 0.478 e. The molecule has 18 heavy (non-hydrogen) atoms. The Labute approximate surface area is 109 Å². The van der Waals surface area contributed by atoms with Gasteiger partial charge in [0.1, 0.15) is 5.82 Å². The lowest BCUT2D eigenvalue weighted by Crippen LogP contribution is -2.05. The van der Waals surface area contributed by atoms with Crippen LogP contribution in [0.4, 0.5) is 0 Å². The molecular formula is C13H12N2O2S. The van der Waals surface area contributed by atoms with Gasteiger partial charge in [-0.25, -0.2) is 14.8 Å². The second-order valence-electron chi connectivity index (χ2n) is 3.69. The standard InChI is InChI=1S/C13H12N2O2S/c1-9-11(13(16)17)7-14-12(15-9)8-18-10-5-3-2-4-6-10/h2-7H,8H2,1H3,(H,16,17). The van der Waals surface area contributed by atoms with E-state index in [-0.39, 0.29) is 5.56 Å². The van der Waals surface area contributed by atoms with Gasteiger partial charge < -0.3 is 5.11 Å². The van der Waals surface area contributed by atoms with Crippen molar-refractivity contribution in [3.05, 3.63) is 53.6 Å². The molecule has 1 aromatic heterocycles. The van der Waals surface area contributed by atoms with E-state index < -0.39 is 5.97 Å². The van der Waals surface area contributed by atoms with Crippen LogP contribution in [0, 0.1) is 6.92 Å². The molecule has 0 amide bonds. The fourth-order valence-electron chi connectivity index (χ4n) is 1.46. The van der Waals surface area contributed by atoms with E-state index in [4.69, 9.17) is 5.11 Å². The molecule has 0 aliphatic heterocycles. The number of carboxylic acids is 1. The number of aryl methyl sites for hydroxylation is 1. The Hall–Kier alpha value is -1.88. The molecule has 0 fully saturated rings. The minimum Gasteiger partial charge on any atom is -0.478 e. The summed E-state index contributed by atoms with van der Waals surface area (Å²) in [5.74, 6) is 0.284. The van der Waals surface area contributed by atoms with Gasteiger partial charge in [0.2, 0.25) is 0 Å². The van der Waals surface area contributed by atoms with Crippen LogP contribution in [-0.2, 0) is 5.75 Å². The number of aromatic carboxylic acids is 1. The van der Waals surface area contributed by atoms with Crippen LogP contribution in [0.3, 0.4) is 0 Å². The molecule has 92 valence electrons. The fourth-order valence-corrected chi connectivity index (χ4v) is 2.24. The van der Waals surface area contributed by atoms with E-state index in [1.807, 2.05) is 30.3 Å². The first kappa shape index (κ1) is 12.6. The zero-order valence-corrected chi connectivity index (χ0v) is 10.6. The maximum atomic E-state index is 10.8. The molecule has 5 heteroatoms. The monoisotopic (exact) mass is 260 g/mol. The van der Waals surface area contributed by atoms with Gasteiger partial charge in [-0.15, -0.1) is 11.8 Å². The Bertz CT molecular complexity index is 558. The number of carboxylic acid groups (broad SMARTS) is 1. The van der Waals surface area contributed by atoms with Crippen molar-refractivity contribution in [2.45, 2.75) is 17.6 Å². The molecule has 4 nitrogen and oxygen atoms in total. The number of hydrogen-bond donors (Lipinski definition) is 1. The summed E-state index contributed by atoms with van der Waals surface area (Å²) in [5.41, 5.74) is 0.657. The Morgan fingerprint density at radius 3 is 2.67 bits per heavy atom. The van der Waals surface area contributed by atoms with E-state index in [1.165, 1.54) is 6.20 Å². The van der Waals surface area contributed by atoms with Crippen molar-refractivity contribution >= 4 is 17.7 Å². The average molecular weight is 260 g/mol. The van der Waals surface area contributed by atoms with E-state index in [0.29, 0.717) is 17.3 Å². The highest BCUT2D eigenvalue weighted by molar-refractivity contribution is 7.98. The number of thioether (sulfide) groups is 1. The van der Waals surface area contributed by atoms with Crippen LogP contribution < -0.4 is 0 Å². The first-order chi connectivity index (χ1) is 8.66. The van der Waals surface area contributed by atoms with E-state index in [1.54, 1.807) is 18.7 Å². The quantitative estimate of drug-likeness (QED) is 0.856. The molecule has 0 saturated heterocycles. The predicted molar refractivity (Wildman–Crippen MR) is 69.7 cm³/mol. The van der Waals surface area contributed by atoms with Crippen LogP contribution in [0.5, 0.6) is 0 Å². The third-order valence-electron chi connectivity index (χ3n) is 2.37. The number of rotatable bonds is 4. The van der Waals surface area contributed by atoms with Crippen molar-refractivity contribution in [2.75, 3.05) is 0 Å². The summed E-state index contributed by atoms with van der Waals surface area (Å²) in [6, 6.07) is 9.95. The van der Waals surface area contributed by atoms with Gasteiger partial charge in [-0.05, 0) is 19.1 Å². The molecule has 0 aliphatic carbocycles. The van der Waals surface area contributed by atoms with Gasteiger partial charge >= 0.3 is 5.97 Å². The summed E-state index contributed by atoms with van der Waals surface area (Å²) >= 11 is 1.62. The third kappa shape index (κ3) is 3.07. The molecule has 0 radical (unpaired) electrons. The van der Waals surface area contributed by atoms with Crippen LogP contribution >= 0.6 is 11.8 Å². The second kappa shape index (κ2) is 5.64. The third-order valence-corrected chi connectivity index (χ3v) is 3.38. The summed E-state index contributed by atoms with van der Waals surface area (Å²) in [5, 5.41) is 8.88. The Balaban J connectivity index is 2.07. The summed E-state index contributed by atoms with van der Waals surface area (Å²) < 4.78 is 0. The smallest absolute Gasteiger partial charge is 0.339 e. The van der Waals surface area contributed by atoms with Crippen LogP contribution in [-0.4, -0.2) is 21.0 Å². The Morgan fingerprint density at radius 2 is 2.06 bits per heavy atom. The maximum absolute atomic E-state index is 10.8. The molecule has 1 N–H and O–H groups in total. The normalized spacial score (nSPS) is 10.3. The van der Waals surface area contributed by atoms with Crippen molar-refractivity contribution in [1.29, 1.82) is 0 Å². The number of benzene rings is 1. The van der Waals surface area contributed by atoms with Crippen LogP contribution in [0.25, 0.3) is 0 Å². The Kier molecular flexibility index (Phi) is 3.94. The summed E-state index contributed by atoms with van der Waals surface area (Å²) in [4.78, 5) is 20.2. The van der Waals surface area contributed by atoms with Crippen molar-refractivity contribution in [3.63, 3.8) is 0 Å². The van der Waals surface area contributed by atoms with Crippen molar-refractivity contribution < 1.29 is 9.90 Å². The number of aromatic nitrogens is 2. The highest BCUT2D eigenvalue weighted by Gasteiger charge is 2.09. The number of hydrogen-bond acceptors (Lipinski definition) is 4. The second-order valence-corrected chi connectivity index (χ2v) is 4.74. The Morgan fingerprint density at radius 1 is 1.33 bits per heavy atom. The highest BCUT2D eigenvalue weighted by Crippen LogP contribution is 2.20. The molecule has 0 atom stereocenters. The van der Waals surface area contributed by atoms with Gasteiger partial charge in [-0.2, -0.15) is 0 Å². The van der Waals surface area contributed by atoms with Crippen molar-refractivity contribution in [1.82, 2.24) is 9.97 Å². The number of nitrogens with zero attached hydrogens (tertiary/aromatic N) is 2. The zero-order valence-electron chi connectivity index (χ0n) is 9.83. The fraction of sp³-hybridized carbons (Fsp3) is 0.154. The molecule has 0 aliphatic rings. The summed E-state index contributed by atoms with van der Waals surface area (Å²) in [7, 11) is 0. The lowest BCUT2D eigenvalue weighted by Gasteiger charge is -2.03. The van der Waals surface area contributed by atoms with E-state index >= 15 is 0 Å². The molecule has 0 bridgehead atoms. The molecule has 1 aromatic carbocycles. The van der Waals surface area contributed by atoms with Gasteiger partial charge in [-0.1, -0.05) is 18.2 Å². The molecule has 0 spiro atoms. The highest BCUT2D eigenvalue weighted by atomic mass is 32.2. The van der Waals surface area contributed by atoms with Crippen molar-refractivity contribution in [3.8, 4) is 0 Å².